The van der Waals surface area contributed by atoms with Gasteiger partial charge in [-0.1, -0.05) is 0 Å². The molecule has 0 aliphatic rings. The molecule has 0 fully saturated rings. The van der Waals surface area contributed by atoms with Crippen LogP contribution < -0.4 is 20.3 Å². The van der Waals surface area contributed by atoms with Crippen LogP contribution in [0.25, 0.3) is 11.3 Å². The Bertz CT molecular complexity index is 878. The Labute approximate surface area is 155 Å². The lowest BCUT2D eigenvalue weighted by Gasteiger charge is -2.11. The Morgan fingerprint density at radius 2 is 1.85 bits per heavy atom. The molecule has 0 saturated heterocycles. The van der Waals surface area contributed by atoms with Gasteiger partial charge >= 0.3 is 5.97 Å². The first-order valence-corrected chi connectivity index (χ1v) is 8.21. The zero-order chi connectivity index (χ0) is 19.8. The molecule has 0 saturated carbocycles. The van der Waals surface area contributed by atoms with Crippen molar-refractivity contribution in [3.63, 3.8) is 0 Å². The van der Waals surface area contributed by atoms with Gasteiger partial charge in [-0.3, -0.25) is 14.4 Å². The number of ether oxygens (including phenoxy) is 3. The number of nitrogens with zero attached hydrogens (tertiary/aromatic N) is 2. The third kappa shape index (κ3) is 5.30. The largest absolute Gasteiger partial charge is 0.493 e. The van der Waals surface area contributed by atoms with Gasteiger partial charge in [0, 0.05) is 11.6 Å². The number of benzene rings is 1. The molecule has 1 amide bonds. The van der Waals surface area contributed by atoms with Crippen LogP contribution in [0.1, 0.15) is 6.92 Å². The smallest absolute Gasteiger partial charge is 0.325 e. The predicted molar refractivity (Wildman–Crippen MR) is 96.7 cm³/mol. The molecule has 0 atom stereocenters. The van der Waals surface area contributed by atoms with Gasteiger partial charge in [-0.15, -0.1) is 0 Å². The average molecular weight is 375 g/mol. The molecule has 2 rings (SSSR count). The first kappa shape index (κ1) is 20.0. The van der Waals surface area contributed by atoms with Crippen LogP contribution in [0.2, 0.25) is 0 Å². The average Bonchev–Trinajstić information content (AvgIpc) is 2.67. The van der Waals surface area contributed by atoms with Crippen LogP contribution in [0.5, 0.6) is 11.5 Å². The highest BCUT2D eigenvalue weighted by molar-refractivity contribution is 5.81. The molecule has 9 nitrogen and oxygen atoms in total. The summed E-state index contributed by atoms with van der Waals surface area (Å²) < 4.78 is 16.2. The highest BCUT2D eigenvalue weighted by Gasteiger charge is 2.11. The molecule has 1 aromatic heterocycles. The first-order chi connectivity index (χ1) is 13.0. The van der Waals surface area contributed by atoms with Gasteiger partial charge < -0.3 is 19.5 Å². The molecule has 27 heavy (non-hydrogen) atoms. The maximum absolute atomic E-state index is 12.0. The summed E-state index contributed by atoms with van der Waals surface area (Å²) in [4.78, 5) is 35.2. The molecule has 144 valence electrons. The normalized spacial score (nSPS) is 10.2. The fourth-order valence-corrected chi connectivity index (χ4v) is 2.29. The minimum absolute atomic E-state index is 0.225. The number of aromatic nitrogens is 2. The van der Waals surface area contributed by atoms with Crippen molar-refractivity contribution in [1.29, 1.82) is 0 Å². The molecule has 1 N–H and O–H groups in total. The van der Waals surface area contributed by atoms with Gasteiger partial charge in [0.25, 0.3) is 5.56 Å². The van der Waals surface area contributed by atoms with Gasteiger partial charge in [-0.25, -0.2) is 4.68 Å². The van der Waals surface area contributed by atoms with Crippen molar-refractivity contribution >= 4 is 11.9 Å². The van der Waals surface area contributed by atoms with Gasteiger partial charge in [-0.05, 0) is 31.2 Å². The molecule has 0 unspecified atom stereocenters. The van der Waals surface area contributed by atoms with Crippen LogP contribution in [0.3, 0.4) is 0 Å². The third-order valence-electron chi connectivity index (χ3n) is 3.57. The zero-order valence-corrected chi connectivity index (χ0v) is 15.4. The zero-order valence-electron chi connectivity index (χ0n) is 15.4. The summed E-state index contributed by atoms with van der Waals surface area (Å²) in [5.41, 5.74) is 0.729. The highest BCUT2D eigenvalue weighted by atomic mass is 16.5. The maximum Gasteiger partial charge on any atom is 0.325 e. The second-order valence-corrected chi connectivity index (χ2v) is 5.37. The number of carbonyl (C=O) groups is 2. The molecule has 0 radical (unpaired) electrons. The number of methoxy groups -OCH3 is 2. The fraction of sp³-hybridized carbons (Fsp3) is 0.333. The SMILES string of the molecule is CCOC(=O)CNC(=O)Cn1nc(-c2ccc(OC)c(OC)c2)ccc1=O. The molecule has 1 heterocycles. The van der Waals surface area contributed by atoms with E-state index in [0.29, 0.717) is 22.8 Å². The second-order valence-electron chi connectivity index (χ2n) is 5.37. The van der Waals surface area contributed by atoms with E-state index in [2.05, 4.69) is 10.4 Å². The second kappa shape index (κ2) is 9.37. The summed E-state index contributed by atoms with van der Waals surface area (Å²) in [6, 6.07) is 8.07. The molecule has 9 heteroatoms. The minimum atomic E-state index is -0.551. The maximum atomic E-state index is 12.0. The summed E-state index contributed by atoms with van der Waals surface area (Å²) in [6.45, 7) is 1.31. The van der Waals surface area contributed by atoms with Crippen molar-refractivity contribution in [2.75, 3.05) is 27.4 Å². The van der Waals surface area contributed by atoms with E-state index in [9.17, 15) is 14.4 Å². The van der Waals surface area contributed by atoms with Crippen LogP contribution >= 0.6 is 0 Å². The van der Waals surface area contributed by atoms with E-state index < -0.39 is 17.4 Å². The molecule has 0 aliphatic carbocycles. The van der Waals surface area contributed by atoms with E-state index in [1.54, 1.807) is 31.2 Å². The van der Waals surface area contributed by atoms with E-state index >= 15 is 0 Å². The first-order valence-electron chi connectivity index (χ1n) is 8.21. The Morgan fingerprint density at radius 1 is 1.11 bits per heavy atom. The Morgan fingerprint density at radius 3 is 2.52 bits per heavy atom. The topological polar surface area (TPSA) is 109 Å². The number of hydrogen-bond donors (Lipinski definition) is 1. The molecular formula is C18H21N3O6. The van der Waals surface area contributed by atoms with Crippen molar-refractivity contribution in [1.82, 2.24) is 15.1 Å². The number of carbonyl (C=O) groups excluding carboxylic acids is 2. The van der Waals surface area contributed by atoms with Crippen LogP contribution in [0.4, 0.5) is 0 Å². The summed E-state index contributed by atoms with van der Waals surface area (Å²) in [6.07, 6.45) is 0. The number of esters is 1. The molecule has 1 aromatic carbocycles. The third-order valence-corrected chi connectivity index (χ3v) is 3.57. The van der Waals surface area contributed by atoms with Gasteiger partial charge in [0.2, 0.25) is 5.91 Å². The van der Waals surface area contributed by atoms with Crippen molar-refractivity contribution in [3.8, 4) is 22.8 Å². The summed E-state index contributed by atoms with van der Waals surface area (Å²) in [5.74, 6) is 0.00185. The van der Waals surface area contributed by atoms with Gasteiger partial charge in [0.15, 0.2) is 11.5 Å². The quantitative estimate of drug-likeness (QED) is 0.673. The Hall–Kier alpha value is -3.36. The van der Waals surface area contributed by atoms with E-state index in [4.69, 9.17) is 14.2 Å². The van der Waals surface area contributed by atoms with Crippen LogP contribution in [-0.2, 0) is 20.9 Å². The lowest BCUT2D eigenvalue weighted by molar-refractivity contribution is -0.143. The predicted octanol–water partition coefficient (Wildman–Crippen LogP) is 0.607. The van der Waals surface area contributed by atoms with Crippen molar-refractivity contribution in [2.24, 2.45) is 0 Å². The van der Waals surface area contributed by atoms with Crippen LogP contribution in [0, 0.1) is 0 Å². The number of hydrogen-bond acceptors (Lipinski definition) is 7. The number of rotatable bonds is 8. The van der Waals surface area contributed by atoms with Crippen molar-refractivity contribution in [2.45, 2.75) is 13.5 Å². The van der Waals surface area contributed by atoms with E-state index in [0.717, 1.165) is 4.68 Å². The van der Waals surface area contributed by atoms with E-state index in [-0.39, 0.29) is 19.7 Å². The summed E-state index contributed by atoms with van der Waals surface area (Å²) in [7, 11) is 3.05. The fourth-order valence-electron chi connectivity index (χ4n) is 2.29. The van der Waals surface area contributed by atoms with Crippen molar-refractivity contribution in [3.05, 3.63) is 40.7 Å². The Kier molecular flexibility index (Phi) is 6.93. The highest BCUT2D eigenvalue weighted by Crippen LogP contribution is 2.31. The van der Waals surface area contributed by atoms with Gasteiger partial charge in [-0.2, -0.15) is 5.10 Å². The molecule has 0 aliphatic heterocycles. The molecule has 0 bridgehead atoms. The lowest BCUT2D eigenvalue weighted by Crippen LogP contribution is -2.36. The van der Waals surface area contributed by atoms with Crippen LogP contribution in [0.15, 0.2) is 35.1 Å². The van der Waals surface area contributed by atoms with Gasteiger partial charge in [0.1, 0.15) is 13.1 Å². The summed E-state index contributed by atoms with van der Waals surface area (Å²) >= 11 is 0. The molecule has 2 aromatic rings. The van der Waals surface area contributed by atoms with Crippen LogP contribution in [-0.4, -0.2) is 49.0 Å². The molecule has 0 spiro atoms. The van der Waals surface area contributed by atoms with E-state index in [1.165, 1.54) is 20.3 Å². The van der Waals surface area contributed by atoms with E-state index in [1.807, 2.05) is 0 Å². The minimum Gasteiger partial charge on any atom is -0.493 e. The lowest BCUT2D eigenvalue weighted by atomic mass is 10.1. The van der Waals surface area contributed by atoms with Crippen molar-refractivity contribution < 1.29 is 23.8 Å². The number of amides is 1. The monoisotopic (exact) mass is 375 g/mol. The summed E-state index contributed by atoms with van der Waals surface area (Å²) in [5, 5.41) is 6.59. The van der Waals surface area contributed by atoms with Gasteiger partial charge in [0.05, 0.1) is 26.5 Å². The standard InChI is InChI=1S/C18H21N3O6/c1-4-27-18(24)10-19-16(22)11-21-17(23)8-6-13(20-21)12-5-7-14(25-2)15(9-12)26-3/h5-9H,4,10-11H2,1-3H3,(H,19,22). The Balaban J connectivity index is 2.17. The molecular weight excluding hydrogens is 354 g/mol. The number of nitrogens with one attached hydrogen (secondary N) is 1.